The van der Waals surface area contributed by atoms with Gasteiger partial charge in [-0.05, 0) is 37.3 Å². The summed E-state index contributed by atoms with van der Waals surface area (Å²) in [7, 11) is 0. The maximum Gasteiger partial charge on any atom is 0.279 e. The first-order chi connectivity index (χ1) is 13.0. The minimum absolute atomic E-state index is 0.125. The highest BCUT2D eigenvalue weighted by Gasteiger charge is 2.34. The Morgan fingerprint density at radius 3 is 2.56 bits per heavy atom. The Morgan fingerprint density at radius 2 is 1.89 bits per heavy atom. The van der Waals surface area contributed by atoms with E-state index in [2.05, 4.69) is 5.32 Å². The molecule has 0 radical (unpaired) electrons. The Hall–Kier alpha value is -3.15. The Morgan fingerprint density at radius 1 is 1.19 bits per heavy atom. The monoisotopic (exact) mass is 365 g/mol. The molecule has 1 heterocycles. The highest BCUT2D eigenvalue weighted by molar-refractivity contribution is 6.08. The summed E-state index contributed by atoms with van der Waals surface area (Å²) in [6.45, 7) is 1.59. The van der Waals surface area contributed by atoms with Crippen LogP contribution < -0.4 is 16.7 Å². The van der Waals surface area contributed by atoms with Crippen LogP contribution in [0, 0.1) is 18.7 Å². The van der Waals surface area contributed by atoms with E-state index >= 15 is 0 Å². The Labute approximate surface area is 155 Å². The van der Waals surface area contributed by atoms with Crippen molar-refractivity contribution in [3.63, 3.8) is 0 Å². The molecule has 0 bridgehead atoms. The molecular formula is C21H20FN3O2. The van der Waals surface area contributed by atoms with Crippen LogP contribution in [0.2, 0.25) is 0 Å². The highest BCUT2D eigenvalue weighted by atomic mass is 19.1. The van der Waals surface area contributed by atoms with E-state index in [9.17, 15) is 14.0 Å². The number of pyridine rings is 1. The van der Waals surface area contributed by atoms with Gasteiger partial charge in [0.25, 0.3) is 11.5 Å². The van der Waals surface area contributed by atoms with Gasteiger partial charge in [0.05, 0.1) is 22.7 Å². The van der Waals surface area contributed by atoms with Crippen LogP contribution in [0.15, 0.2) is 53.3 Å². The highest BCUT2D eigenvalue weighted by Crippen LogP contribution is 2.41. The number of nitrogen functional groups attached to an aromatic ring is 1. The van der Waals surface area contributed by atoms with Gasteiger partial charge in [-0.25, -0.2) is 9.07 Å². The van der Waals surface area contributed by atoms with Crippen LogP contribution in [0.3, 0.4) is 0 Å². The molecule has 1 amide bonds. The van der Waals surface area contributed by atoms with Crippen LogP contribution in [0.4, 0.5) is 4.39 Å². The summed E-state index contributed by atoms with van der Waals surface area (Å²) in [5, 5.41) is 3.19. The number of fused-ring (bicyclic) bond motifs is 1. The van der Waals surface area contributed by atoms with Gasteiger partial charge >= 0.3 is 0 Å². The quantitative estimate of drug-likeness (QED) is 0.698. The second-order valence-electron chi connectivity index (χ2n) is 7.00. The van der Waals surface area contributed by atoms with E-state index in [1.165, 1.54) is 12.1 Å². The predicted molar refractivity (Wildman–Crippen MR) is 102 cm³/mol. The van der Waals surface area contributed by atoms with Crippen molar-refractivity contribution in [2.24, 2.45) is 5.92 Å². The number of nitrogens with zero attached hydrogens (tertiary/aromatic N) is 1. The molecule has 6 heteroatoms. The fourth-order valence-electron chi connectivity index (χ4n) is 3.60. The molecule has 5 nitrogen and oxygen atoms in total. The average Bonchev–Trinajstić information content (AvgIpc) is 3.50. The van der Waals surface area contributed by atoms with Crippen molar-refractivity contribution in [3.05, 3.63) is 81.5 Å². The van der Waals surface area contributed by atoms with Gasteiger partial charge in [-0.1, -0.05) is 42.5 Å². The summed E-state index contributed by atoms with van der Waals surface area (Å²) in [6, 6.07) is 13.9. The number of nitrogens with two attached hydrogens (primary N) is 1. The van der Waals surface area contributed by atoms with E-state index in [-0.39, 0.29) is 28.3 Å². The van der Waals surface area contributed by atoms with Gasteiger partial charge in [0.2, 0.25) is 0 Å². The predicted octanol–water partition coefficient (Wildman–Crippen LogP) is 3.04. The molecule has 4 rings (SSSR count). The zero-order valence-corrected chi connectivity index (χ0v) is 14.9. The summed E-state index contributed by atoms with van der Waals surface area (Å²) in [5.74, 6) is 5.16. The fraction of sp³-hybridized carbons (Fsp3) is 0.238. The maximum absolute atomic E-state index is 14.3. The fourth-order valence-corrected chi connectivity index (χ4v) is 3.60. The van der Waals surface area contributed by atoms with Gasteiger partial charge in [0.15, 0.2) is 0 Å². The number of aromatic nitrogens is 1. The Balaban J connectivity index is 1.81. The Bertz CT molecular complexity index is 1090. The molecule has 1 saturated carbocycles. The van der Waals surface area contributed by atoms with E-state index in [1.807, 2.05) is 30.3 Å². The van der Waals surface area contributed by atoms with Crippen molar-refractivity contribution in [1.82, 2.24) is 9.99 Å². The van der Waals surface area contributed by atoms with E-state index < -0.39 is 11.4 Å². The molecule has 138 valence electrons. The zero-order valence-electron chi connectivity index (χ0n) is 14.9. The van der Waals surface area contributed by atoms with Crippen molar-refractivity contribution in [3.8, 4) is 0 Å². The zero-order chi connectivity index (χ0) is 19.1. The van der Waals surface area contributed by atoms with Crippen LogP contribution in [0.1, 0.15) is 40.5 Å². The van der Waals surface area contributed by atoms with Crippen molar-refractivity contribution < 1.29 is 9.18 Å². The first-order valence-corrected chi connectivity index (χ1v) is 8.93. The SMILES string of the molecule is Cc1c(C(=O)N[C@H](c2ccccc2)C2CC2)c2cccc(F)c2c(=O)n1N. The number of carbonyl (C=O) groups excluding carboxylic acids is 1. The van der Waals surface area contributed by atoms with Crippen molar-refractivity contribution >= 4 is 16.7 Å². The third kappa shape index (κ3) is 2.97. The molecule has 1 aromatic heterocycles. The molecule has 0 unspecified atom stereocenters. The second-order valence-corrected chi connectivity index (χ2v) is 7.00. The van der Waals surface area contributed by atoms with E-state index in [0.29, 0.717) is 11.6 Å². The molecule has 0 saturated heterocycles. The minimum atomic E-state index is -0.687. The summed E-state index contributed by atoms with van der Waals surface area (Å²) in [4.78, 5) is 25.5. The molecule has 1 aliphatic carbocycles. The minimum Gasteiger partial charge on any atom is -0.345 e. The number of carbonyl (C=O) groups is 1. The Kier molecular flexibility index (Phi) is 4.18. The van der Waals surface area contributed by atoms with Crippen LogP contribution in [0.5, 0.6) is 0 Å². The lowest BCUT2D eigenvalue weighted by Crippen LogP contribution is -2.36. The number of benzene rings is 2. The van der Waals surface area contributed by atoms with E-state index in [4.69, 9.17) is 5.84 Å². The number of halogens is 1. The average molecular weight is 365 g/mol. The number of hydrogen-bond acceptors (Lipinski definition) is 3. The van der Waals surface area contributed by atoms with Gasteiger partial charge in [-0.2, -0.15) is 0 Å². The second kappa shape index (κ2) is 6.54. The first-order valence-electron chi connectivity index (χ1n) is 8.93. The van der Waals surface area contributed by atoms with Gasteiger partial charge in [0, 0.05) is 5.39 Å². The largest absolute Gasteiger partial charge is 0.345 e. The summed E-state index contributed by atoms with van der Waals surface area (Å²) in [6.07, 6.45) is 2.09. The number of amides is 1. The van der Waals surface area contributed by atoms with Crippen molar-refractivity contribution in [2.75, 3.05) is 5.84 Å². The lowest BCUT2D eigenvalue weighted by atomic mass is 9.99. The number of nitrogens with one attached hydrogen (secondary N) is 1. The van der Waals surface area contributed by atoms with Crippen LogP contribution in [-0.4, -0.2) is 10.6 Å². The lowest BCUT2D eigenvalue weighted by Gasteiger charge is -2.21. The molecular weight excluding hydrogens is 345 g/mol. The molecule has 0 spiro atoms. The lowest BCUT2D eigenvalue weighted by molar-refractivity contribution is 0.0932. The van der Waals surface area contributed by atoms with Gasteiger partial charge in [0.1, 0.15) is 5.82 Å². The normalized spacial score (nSPS) is 14.9. The third-order valence-corrected chi connectivity index (χ3v) is 5.20. The first kappa shape index (κ1) is 17.3. The van der Waals surface area contributed by atoms with E-state index in [0.717, 1.165) is 23.1 Å². The molecule has 2 aromatic carbocycles. The maximum atomic E-state index is 14.3. The van der Waals surface area contributed by atoms with Gasteiger partial charge in [-0.15, -0.1) is 0 Å². The van der Waals surface area contributed by atoms with Crippen LogP contribution in [0.25, 0.3) is 10.8 Å². The molecule has 1 atom stereocenters. The van der Waals surface area contributed by atoms with Crippen molar-refractivity contribution in [2.45, 2.75) is 25.8 Å². The molecule has 27 heavy (non-hydrogen) atoms. The van der Waals surface area contributed by atoms with Crippen LogP contribution >= 0.6 is 0 Å². The standard InChI is InChI=1S/C21H20FN3O2/c1-12-17(15-8-5-9-16(22)18(15)21(27)25(12)23)20(26)24-19(14-10-11-14)13-6-3-2-4-7-13/h2-9,14,19H,10-11,23H2,1H3,(H,24,26)/t19-/m1/s1. The third-order valence-electron chi connectivity index (χ3n) is 5.20. The topological polar surface area (TPSA) is 77.1 Å². The number of rotatable bonds is 4. The summed E-state index contributed by atoms with van der Waals surface area (Å²) < 4.78 is 15.1. The van der Waals surface area contributed by atoms with Crippen LogP contribution in [-0.2, 0) is 0 Å². The molecule has 3 aromatic rings. The van der Waals surface area contributed by atoms with E-state index in [1.54, 1.807) is 13.0 Å². The molecule has 0 aliphatic heterocycles. The van der Waals surface area contributed by atoms with Gasteiger partial charge in [-0.3, -0.25) is 9.59 Å². The summed E-state index contributed by atoms with van der Waals surface area (Å²) in [5.41, 5.74) is 0.910. The number of hydrogen-bond donors (Lipinski definition) is 2. The molecule has 3 N–H and O–H groups in total. The smallest absolute Gasteiger partial charge is 0.279 e. The molecule has 1 fully saturated rings. The van der Waals surface area contributed by atoms with Crippen molar-refractivity contribution in [1.29, 1.82) is 0 Å². The summed E-state index contributed by atoms with van der Waals surface area (Å²) >= 11 is 0. The molecule has 1 aliphatic rings. The van der Waals surface area contributed by atoms with Gasteiger partial charge < -0.3 is 11.2 Å².